The summed E-state index contributed by atoms with van der Waals surface area (Å²) in [6.45, 7) is 2.97. The number of carbonyl (C=O) groups excluding carboxylic acids is 1. The number of thioether (sulfide) groups is 1. The van der Waals surface area contributed by atoms with Crippen molar-refractivity contribution in [1.82, 2.24) is 14.8 Å². The molecule has 31 heavy (non-hydrogen) atoms. The van der Waals surface area contributed by atoms with Gasteiger partial charge in [0, 0.05) is 30.8 Å². The van der Waals surface area contributed by atoms with Crippen LogP contribution in [0.25, 0.3) is 11.4 Å². The summed E-state index contributed by atoms with van der Waals surface area (Å²) in [5.74, 6) is -0.0632. The van der Waals surface area contributed by atoms with Crippen molar-refractivity contribution in [2.45, 2.75) is 30.3 Å². The van der Waals surface area contributed by atoms with Crippen molar-refractivity contribution < 1.29 is 13.9 Å². The first-order valence-corrected chi connectivity index (χ1v) is 11.1. The zero-order valence-electron chi connectivity index (χ0n) is 16.9. The molecule has 0 aliphatic rings. The lowest BCUT2D eigenvalue weighted by Crippen LogP contribution is -2.23. The highest BCUT2D eigenvalue weighted by atomic mass is 35.5. The number of hydrogen-bond donors (Lipinski definition) is 1. The molecule has 0 aliphatic carbocycles. The minimum absolute atomic E-state index is 0.137. The number of methoxy groups -OCH3 is 1. The minimum atomic E-state index is -0.496. The molecule has 0 saturated heterocycles. The summed E-state index contributed by atoms with van der Waals surface area (Å²) in [7, 11) is 1.65. The number of ether oxygens (including phenoxy) is 1. The molecule has 1 atom stereocenters. The summed E-state index contributed by atoms with van der Waals surface area (Å²) in [4.78, 5) is 12.7. The third-order valence-corrected chi connectivity index (χ3v) is 6.04. The van der Waals surface area contributed by atoms with Crippen LogP contribution in [0, 0.1) is 5.82 Å². The monoisotopic (exact) mass is 482 g/mol. The molecule has 2 aromatic carbocycles. The number of benzene rings is 2. The van der Waals surface area contributed by atoms with Crippen molar-refractivity contribution in [3.8, 4) is 11.4 Å². The van der Waals surface area contributed by atoms with Gasteiger partial charge in [-0.25, -0.2) is 4.39 Å². The van der Waals surface area contributed by atoms with Gasteiger partial charge < -0.3 is 14.6 Å². The quantitative estimate of drug-likeness (QED) is 0.320. The maximum absolute atomic E-state index is 13.2. The van der Waals surface area contributed by atoms with Crippen LogP contribution in [-0.2, 0) is 16.1 Å². The van der Waals surface area contributed by atoms with E-state index < -0.39 is 11.1 Å². The van der Waals surface area contributed by atoms with Gasteiger partial charge in [0.15, 0.2) is 11.0 Å². The van der Waals surface area contributed by atoms with E-state index in [1.807, 2.05) is 16.7 Å². The first kappa shape index (κ1) is 23.5. The Kier molecular flexibility index (Phi) is 8.31. The number of amides is 1. The Labute approximate surface area is 194 Å². The molecule has 1 heterocycles. The van der Waals surface area contributed by atoms with Gasteiger partial charge in [0.25, 0.3) is 0 Å². The van der Waals surface area contributed by atoms with Crippen LogP contribution in [0.1, 0.15) is 13.3 Å². The number of nitrogens with one attached hydrogen (secondary N) is 1. The van der Waals surface area contributed by atoms with E-state index >= 15 is 0 Å². The SMILES string of the molecule is COCCCn1c(S[C@@H](C)C(=O)Nc2ccc(F)cc2Cl)nnc1-c1ccc(Cl)cc1. The van der Waals surface area contributed by atoms with Gasteiger partial charge in [0.05, 0.1) is 16.0 Å². The standard InChI is InChI=1S/C21H21Cl2FN4O2S/c1-13(20(29)25-18-9-8-16(24)12-17(18)23)31-21-27-26-19(28(21)10-3-11-30-2)14-4-6-15(22)7-5-14/h4-9,12-13H,3,10-11H2,1-2H3,(H,25,29)/t13-/m0/s1. The van der Waals surface area contributed by atoms with E-state index in [4.69, 9.17) is 27.9 Å². The van der Waals surface area contributed by atoms with Gasteiger partial charge in [-0.15, -0.1) is 10.2 Å². The lowest BCUT2D eigenvalue weighted by Gasteiger charge is -2.14. The Bertz CT molecular complexity index is 1050. The van der Waals surface area contributed by atoms with E-state index in [0.717, 1.165) is 18.1 Å². The van der Waals surface area contributed by atoms with Crippen LogP contribution in [0.5, 0.6) is 0 Å². The normalized spacial score (nSPS) is 12.0. The van der Waals surface area contributed by atoms with Gasteiger partial charge >= 0.3 is 0 Å². The Morgan fingerprint density at radius 2 is 1.97 bits per heavy atom. The minimum Gasteiger partial charge on any atom is -0.385 e. The molecule has 0 spiro atoms. The summed E-state index contributed by atoms with van der Waals surface area (Å²) in [6.07, 6.45) is 0.758. The summed E-state index contributed by atoms with van der Waals surface area (Å²) in [5, 5.41) is 12.2. The van der Waals surface area contributed by atoms with Crippen molar-refractivity contribution in [3.63, 3.8) is 0 Å². The van der Waals surface area contributed by atoms with Gasteiger partial charge in [0.1, 0.15) is 5.82 Å². The summed E-state index contributed by atoms with van der Waals surface area (Å²) < 4.78 is 20.4. The van der Waals surface area contributed by atoms with E-state index in [2.05, 4.69) is 15.5 Å². The maximum atomic E-state index is 13.2. The Morgan fingerprint density at radius 1 is 1.23 bits per heavy atom. The van der Waals surface area contributed by atoms with Crippen molar-refractivity contribution in [2.75, 3.05) is 19.0 Å². The van der Waals surface area contributed by atoms with Gasteiger partial charge in [-0.2, -0.15) is 0 Å². The molecule has 6 nitrogen and oxygen atoms in total. The molecule has 3 aromatic rings. The molecular formula is C21H21Cl2FN4O2S. The highest BCUT2D eigenvalue weighted by molar-refractivity contribution is 8.00. The smallest absolute Gasteiger partial charge is 0.237 e. The molecule has 1 aromatic heterocycles. The molecule has 164 valence electrons. The van der Waals surface area contributed by atoms with Crippen molar-refractivity contribution >= 4 is 46.6 Å². The van der Waals surface area contributed by atoms with E-state index in [1.54, 1.807) is 26.2 Å². The first-order chi connectivity index (χ1) is 14.9. The summed E-state index contributed by atoms with van der Waals surface area (Å²) >= 11 is 13.3. The number of halogens is 3. The van der Waals surface area contributed by atoms with Gasteiger partial charge in [-0.1, -0.05) is 35.0 Å². The van der Waals surface area contributed by atoms with Crippen LogP contribution in [0.15, 0.2) is 47.6 Å². The molecule has 0 radical (unpaired) electrons. The van der Waals surface area contributed by atoms with Gasteiger partial charge in [-0.3, -0.25) is 4.79 Å². The Hall–Kier alpha value is -2.13. The third kappa shape index (κ3) is 6.20. The molecule has 0 unspecified atom stereocenters. The van der Waals surface area contributed by atoms with Gasteiger partial charge in [0.2, 0.25) is 5.91 Å². The van der Waals surface area contributed by atoms with Crippen molar-refractivity contribution in [2.24, 2.45) is 0 Å². The van der Waals surface area contributed by atoms with E-state index in [9.17, 15) is 9.18 Å². The lowest BCUT2D eigenvalue weighted by atomic mass is 10.2. The average molecular weight is 483 g/mol. The van der Waals surface area contributed by atoms with E-state index in [0.29, 0.717) is 34.8 Å². The molecule has 0 fully saturated rings. The largest absolute Gasteiger partial charge is 0.385 e. The molecule has 1 amide bonds. The van der Waals surface area contributed by atoms with Crippen LogP contribution >= 0.6 is 35.0 Å². The van der Waals surface area contributed by atoms with E-state index in [1.165, 1.54) is 23.9 Å². The fourth-order valence-electron chi connectivity index (χ4n) is 2.79. The number of carbonyl (C=O) groups is 1. The number of anilines is 1. The zero-order chi connectivity index (χ0) is 22.4. The maximum Gasteiger partial charge on any atom is 0.237 e. The molecule has 0 aliphatic heterocycles. The van der Waals surface area contributed by atoms with Crippen LogP contribution in [0.3, 0.4) is 0 Å². The topological polar surface area (TPSA) is 69.0 Å². The Balaban J connectivity index is 1.78. The predicted molar refractivity (Wildman–Crippen MR) is 122 cm³/mol. The molecular weight excluding hydrogens is 462 g/mol. The van der Waals surface area contributed by atoms with E-state index in [-0.39, 0.29) is 10.9 Å². The second-order valence-corrected chi connectivity index (χ2v) is 8.84. The summed E-state index contributed by atoms with van der Waals surface area (Å²) in [5.41, 5.74) is 1.22. The molecule has 0 bridgehead atoms. The van der Waals surface area contributed by atoms with Gasteiger partial charge in [-0.05, 0) is 55.8 Å². The number of hydrogen-bond acceptors (Lipinski definition) is 5. The van der Waals surface area contributed by atoms with Crippen molar-refractivity contribution in [1.29, 1.82) is 0 Å². The number of nitrogens with zero attached hydrogens (tertiary/aromatic N) is 3. The fraction of sp³-hybridized carbons (Fsp3) is 0.286. The van der Waals surface area contributed by atoms with Crippen LogP contribution in [0.4, 0.5) is 10.1 Å². The lowest BCUT2D eigenvalue weighted by molar-refractivity contribution is -0.115. The number of aromatic nitrogens is 3. The fourth-order valence-corrected chi connectivity index (χ4v) is 4.01. The van der Waals surface area contributed by atoms with Crippen LogP contribution < -0.4 is 5.32 Å². The second-order valence-electron chi connectivity index (χ2n) is 6.68. The second kappa shape index (κ2) is 10.9. The van der Waals surface area contributed by atoms with Crippen LogP contribution in [-0.4, -0.2) is 39.6 Å². The van der Waals surface area contributed by atoms with Crippen LogP contribution in [0.2, 0.25) is 10.0 Å². The number of rotatable bonds is 9. The Morgan fingerprint density at radius 3 is 2.65 bits per heavy atom. The predicted octanol–water partition coefficient (Wildman–Crippen LogP) is 5.55. The van der Waals surface area contributed by atoms with Crippen molar-refractivity contribution in [3.05, 3.63) is 58.3 Å². The molecule has 3 rings (SSSR count). The molecule has 10 heteroatoms. The first-order valence-electron chi connectivity index (χ1n) is 9.49. The molecule has 1 N–H and O–H groups in total. The third-order valence-electron chi connectivity index (χ3n) is 4.39. The summed E-state index contributed by atoms with van der Waals surface area (Å²) in [6, 6.07) is 11.2. The molecule has 0 saturated carbocycles. The average Bonchev–Trinajstić information content (AvgIpc) is 3.13. The zero-order valence-corrected chi connectivity index (χ0v) is 19.3. The highest BCUT2D eigenvalue weighted by Gasteiger charge is 2.21. The highest BCUT2D eigenvalue weighted by Crippen LogP contribution is 2.29.